The first kappa shape index (κ1) is 29.8. The van der Waals surface area contributed by atoms with Crippen LogP contribution in [-0.2, 0) is 14.1 Å². The number of halogens is 2. The largest absolute Gasteiger partial charge is 1.00 e. The highest BCUT2D eigenvalue weighted by molar-refractivity contribution is 6.43. The lowest BCUT2D eigenvalue weighted by molar-refractivity contribution is -0.645. The molecular formula is C34H22I2N4O4. The Morgan fingerprint density at radius 2 is 0.795 bits per heavy atom. The van der Waals surface area contributed by atoms with Crippen LogP contribution >= 0.6 is 0 Å². The summed E-state index contributed by atoms with van der Waals surface area (Å²) in [5.74, 6) is -2.00. The monoisotopic (exact) mass is 804 g/mol. The highest BCUT2D eigenvalue weighted by Gasteiger charge is 2.41. The fourth-order valence-corrected chi connectivity index (χ4v) is 6.44. The first-order chi connectivity index (χ1) is 20.4. The summed E-state index contributed by atoms with van der Waals surface area (Å²) in [4.78, 5) is 58.4. The number of pyridine rings is 2. The van der Waals surface area contributed by atoms with Crippen LogP contribution < -0.4 is 66.9 Å². The highest BCUT2D eigenvalue weighted by atomic mass is 127. The number of fused-ring (bicyclic) bond motifs is 2. The van der Waals surface area contributed by atoms with Crippen LogP contribution in [0, 0.1) is 0 Å². The van der Waals surface area contributed by atoms with E-state index in [1.54, 1.807) is 36.4 Å². The van der Waals surface area contributed by atoms with Crippen molar-refractivity contribution in [1.82, 2.24) is 0 Å². The Balaban J connectivity index is 0.00000171. The zero-order valence-electron chi connectivity index (χ0n) is 23.4. The van der Waals surface area contributed by atoms with Crippen molar-refractivity contribution >= 4 is 67.6 Å². The summed E-state index contributed by atoms with van der Waals surface area (Å²) in [5, 5.41) is 2.19. The molecule has 0 spiro atoms. The summed E-state index contributed by atoms with van der Waals surface area (Å²) in [6.07, 6.45) is 3.80. The Morgan fingerprint density at radius 3 is 1.14 bits per heavy atom. The van der Waals surface area contributed by atoms with Crippen molar-refractivity contribution in [3.8, 4) is 0 Å². The molecule has 2 aliphatic rings. The SMILES string of the molecule is C[n+]1cccc2c(N3C(=O)c4ccc5c6c(ccc(c46)C3=O)C(=O)N(c3cccc4c3ccc[n+]4C)C5=O)cccc21.[I-].[I-]. The normalized spacial score (nSPS) is 13.9. The molecular weight excluding hydrogens is 782 g/mol. The topological polar surface area (TPSA) is 82.5 Å². The van der Waals surface area contributed by atoms with Crippen LogP contribution in [0.1, 0.15) is 41.4 Å². The zero-order chi connectivity index (χ0) is 28.9. The minimum absolute atomic E-state index is 0. The minimum atomic E-state index is -0.501. The van der Waals surface area contributed by atoms with Crippen molar-refractivity contribution in [2.45, 2.75) is 0 Å². The molecule has 44 heavy (non-hydrogen) atoms. The predicted molar refractivity (Wildman–Crippen MR) is 156 cm³/mol. The third-order valence-corrected chi connectivity index (χ3v) is 8.40. The molecule has 4 amide bonds. The third kappa shape index (κ3) is 3.93. The number of aromatic nitrogens is 2. The van der Waals surface area contributed by atoms with Crippen LogP contribution in [0.4, 0.5) is 11.4 Å². The molecule has 0 saturated heterocycles. The van der Waals surface area contributed by atoms with Crippen molar-refractivity contribution < 1.29 is 76.3 Å². The van der Waals surface area contributed by atoms with E-state index in [-0.39, 0.29) is 70.2 Å². The van der Waals surface area contributed by atoms with Gasteiger partial charge in [-0.05, 0) is 48.5 Å². The number of nitrogens with zero attached hydrogens (tertiary/aromatic N) is 4. The Kier molecular flexibility index (Phi) is 7.24. The molecule has 6 aromatic rings. The van der Waals surface area contributed by atoms with Gasteiger partial charge in [0.15, 0.2) is 12.4 Å². The molecule has 10 heteroatoms. The van der Waals surface area contributed by atoms with E-state index in [4.69, 9.17) is 0 Å². The van der Waals surface area contributed by atoms with Crippen molar-refractivity contribution in [2.75, 3.05) is 9.80 Å². The number of carbonyl (C=O) groups excluding carboxylic acids is 4. The lowest BCUT2D eigenvalue weighted by Gasteiger charge is -2.32. The molecule has 0 saturated carbocycles. The van der Waals surface area contributed by atoms with Gasteiger partial charge in [-0.3, -0.25) is 19.2 Å². The van der Waals surface area contributed by atoms with Gasteiger partial charge in [-0.25, -0.2) is 18.9 Å². The molecule has 0 fully saturated rings. The van der Waals surface area contributed by atoms with Gasteiger partial charge in [-0.1, -0.05) is 12.1 Å². The number of amides is 4. The molecule has 2 aliphatic heterocycles. The first-order valence-corrected chi connectivity index (χ1v) is 13.5. The average Bonchev–Trinajstić information content (AvgIpc) is 3.00. The highest BCUT2D eigenvalue weighted by Crippen LogP contribution is 2.41. The van der Waals surface area contributed by atoms with Crippen molar-refractivity contribution in [3.63, 3.8) is 0 Å². The predicted octanol–water partition coefficient (Wildman–Crippen LogP) is -1.60. The van der Waals surface area contributed by atoms with Gasteiger partial charge in [0.1, 0.15) is 14.1 Å². The standard InChI is InChI=1S/C34H22N4O4.2HI/c1-35-17-5-7-19-25(35)9-3-11-27(19)37-31(39)21-13-15-23-30-24(16-14-22(29(21)30)32(37)40)34(42)38(33(23)41)28-12-4-10-26-20(28)8-6-18-36(26)2;;/h3-18H,1-2H3;2*1H/q+2;;/p-2. The fraction of sp³-hybridized carbons (Fsp3) is 0.0588. The van der Waals surface area contributed by atoms with E-state index in [0.717, 1.165) is 21.8 Å². The molecule has 2 aromatic heterocycles. The van der Waals surface area contributed by atoms with Gasteiger partial charge >= 0.3 is 0 Å². The molecule has 0 N–H and O–H groups in total. The van der Waals surface area contributed by atoms with Crippen LogP contribution in [0.15, 0.2) is 97.3 Å². The van der Waals surface area contributed by atoms with Crippen LogP contribution in [-0.4, -0.2) is 23.6 Å². The maximum atomic E-state index is 14.0. The molecule has 0 unspecified atom stereocenters. The van der Waals surface area contributed by atoms with Crippen molar-refractivity contribution in [3.05, 3.63) is 120 Å². The fourth-order valence-electron chi connectivity index (χ4n) is 6.44. The Hall–Kier alpha value is -4.30. The second-order valence-corrected chi connectivity index (χ2v) is 10.6. The van der Waals surface area contributed by atoms with Crippen LogP contribution in [0.2, 0.25) is 0 Å². The van der Waals surface area contributed by atoms with E-state index < -0.39 is 23.6 Å². The summed E-state index contributed by atoms with van der Waals surface area (Å²) in [7, 11) is 3.80. The number of anilines is 2. The number of rotatable bonds is 2. The summed E-state index contributed by atoms with van der Waals surface area (Å²) in [6, 6.07) is 24.8. The number of hydrogen-bond donors (Lipinski definition) is 0. The van der Waals surface area contributed by atoms with E-state index in [2.05, 4.69) is 0 Å². The third-order valence-electron chi connectivity index (χ3n) is 8.40. The van der Waals surface area contributed by atoms with E-state index >= 15 is 0 Å². The van der Waals surface area contributed by atoms with Gasteiger partial charge in [0, 0.05) is 57.3 Å². The molecule has 0 aliphatic carbocycles. The van der Waals surface area contributed by atoms with Crippen molar-refractivity contribution in [1.29, 1.82) is 0 Å². The van der Waals surface area contributed by atoms with Gasteiger partial charge in [0.2, 0.25) is 11.0 Å². The Bertz CT molecular complexity index is 2050. The maximum Gasteiger partial charge on any atom is 0.266 e. The van der Waals surface area contributed by atoms with Crippen LogP contribution in [0.25, 0.3) is 32.6 Å². The van der Waals surface area contributed by atoms with Crippen LogP contribution in [0.5, 0.6) is 0 Å². The minimum Gasteiger partial charge on any atom is -1.00 e. The second kappa shape index (κ2) is 10.7. The molecule has 8 rings (SSSR count). The lowest BCUT2D eigenvalue weighted by Crippen LogP contribution is -3.00. The molecule has 4 aromatic carbocycles. The average molecular weight is 804 g/mol. The van der Waals surface area contributed by atoms with Crippen LogP contribution in [0.3, 0.4) is 0 Å². The van der Waals surface area contributed by atoms with Gasteiger partial charge in [-0.15, -0.1) is 0 Å². The Labute approximate surface area is 285 Å². The quantitative estimate of drug-likeness (QED) is 0.120. The van der Waals surface area contributed by atoms with Gasteiger partial charge < -0.3 is 48.0 Å². The van der Waals surface area contributed by atoms with Gasteiger partial charge in [0.25, 0.3) is 23.6 Å². The maximum absolute atomic E-state index is 14.0. The summed E-state index contributed by atoms with van der Waals surface area (Å²) in [6.45, 7) is 0. The van der Waals surface area contributed by atoms with Crippen molar-refractivity contribution in [2.24, 2.45) is 14.1 Å². The van der Waals surface area contributed by atoms with E-state index in [1.165, 1.54) is 9.80 Å². The Morgan fingerprint density at radius 1 is 0.455 bits per heavy atom. The smallest absolute Gasteiger partial charge is 0.266 e. The second-order valence-electron chi connectivity index (χ2n) is 10.6. The van der Waals surface area contributed by atoms with Gasteiger partial charge in [-0.2, -0.15) is 0 Å². The molecule has 0 bridgehead atoms. The number of carbonyl (C=O) groups is 4. The molecule has 0 atom stereocenters. The lowest BCUT2D eigenvalue weighted by atomic mass is 9.85. The summed E-state index contributed by atoms with van der Waals surface area (Å²) < 4.78 is 3.85. The first-order valence-electron chi connectivity index (χ1n) is 13.5. The summed E-state index contributed by atoms with van der Waals surface area (Å²) >= 11 is 0. The zero-order valence-corrected chi connectivity index (χ0v) is 27.7. The molecule has 0 radical (unpaired) electrons. The van der Waals surface area contributed by atoms with E-state index in [1.807, 2.05) is 84.2 Å². The van der Waals surface area contributed by atoms with E-state index in [0.29, 0.717) is 22.1 Å². The molecule has 8 nitrogen and oxygen atoms in total. The molecule has 216 valence electrons. The molecule has 4 heterocycles. The number of hydrogen-bond acceptors (Lipinski definition) is 4. The van der Waals surface area contributed by atoms with E-state index in [9.17, 15) is 19.2 Å². The number of imide groups is 2. The summed E-state index contributed by atoms with van der Waals surface area (Å²) in [5.41, 5.74) is 3.76. The van der Waals surface area contributed by atoms with Gasteiger partial charge in [0.05, 0.1) is 22.1 Å². The number of aryl methyl sites for hydroxylation is 2. The number of benzene rings is 4.